The molecule has 3 rings (SSSR count). The number of carboxylic acid groups (broad SMARTS) is 1. The third-order valence-electron chi connectivity index (χ3n) is 5.38. The molecule has 1 aliphatic rings. The molecule has 33 heavy (non-hydrogen) atoms. The van der Waals surface area contributed by atoms with E-state index in [0.29, 0.717) is 28.9 Å². The van der Waals surface area contributed by atoms with Crippen LogP contribution in [-0.4, -0.2) is 56.4 Å². The van der Waals surface area contributed by atoms with E-state index in [1.54, 1.807) is 35.2 Å². The van der Waals surface area contributed by atoms with Gasteiger partial charge in [0.2, 0.25) is 15.9 Å². The molecule has 0 radical (unpaired) electrons. The van der Waals surface area contributed by atoms with Gasteiger partial charge in [0, 0.05) is 19.5 Å². The maximum atomic E-state index is 12.9. The van der Waals surface area contributed by atoms with Crippen molar-refractivity contribution in [1.29, 1.82) is 0 Å². The summed E-state index contributed by atoms with van der Waals surface area (Å²) in [4.78, 5) is 27.8. The average molecular weight is 476 g/mol. The fourth-order valence-corrected chi connectivity index (χ4v) is 4.99. The molecule has 0 aromatic heterocycles. The van der Waals surface area contributed by atoms with Crippen LogP contribution in [0.2, 0.25) is 0 Å². The van der Waals surface area contributed by atoms with Crippen LogP contribution < -0.4 is 14.5 Å². The highest BCUT2D eigenvalue weighted by Crippen LogP contribution is 2.39. The van der Waals surface area contributed by atoms with Crippen LogP contribution in [0.25, 0.3) is 11.1 Å². The van der Waals surface area contributed by atoms with E-state index in [1.165, 1.54) is 17.0 Å². The van der Waals surface area contributed by atoms with Gasteiger partial charge in [0.15, 0.2) is 0 Å². The number of nitrogens with one attached hydrogen (secondary N) is 1. The van der Waals surface area contributed by atoms with Crippen LogP contribution in [0.5, 0.6) is 0 Å². The van der Waals surface area contributed by atoms with Gasteiger partial charge in [0.1, 0.15) is 0 Å². The van der Waals surface area contributed by atoms with Crippen molar-refractivity contribution in [2.24, 2.45) is 5.92 Å². The predicted octanol–water partition coefficient (Wildman–Crippen LogP) is 2.89. The monoisotopic (exact) mass is 475 g/mol. The first-order valence-corrected chi connectivity index (χ1v) is 12.2. The number of fused-ring (bicyclic) bond motifs is 1. The van der Waals surface area contributed by atoms with Crippen LogP contribution >= 0.6 is 0 Å². The Morgan fingerprint density at radius 3 is 2.45 bits per heavy atom. The Morgan fingerprint density at radius 2 is 1.82 bits per heavy atom. The molecule has 0 spiro atoms. The average Bonchev–Trinajstić information content (AvgIpc) is 2.76. The van der Waals surface area contributed by atoms with Gasteiger partial charge in [0.05, 0.1) is 28.9 Å². The van der Waals surface area contributed by atoms with Crippen molar-refractivity contribution in [2.75, 3.05) is 29.5 Å². The number of rotatable bonds is 7. The Kier molecular flexibility index (Phi) is 7.41. The normalized spacial score (nSPS) is 16.1. The molecule has 3 N–H and O–H groups in total. The van der Waals surface area contributed by atoms with Crippen molar-refractivity contribution >= 4 is 33.4 Å². The van der Waals surface area contributed by atoms with Gasteiger partial charge in [-0.1, -0.05) is 32.0 Å². The summed E-state index contributed by atoms with van der Waals surface area (Å²) in [5, 5.41) is 18.7. The Bertz CT molecular complexity index is 1150. The van der Waals surface area contributed by atoms with Gasteiger partial charge in [-0.05, 0) is 48.2 Å². The lowest BCUT2D eigenvalue weighted by Gasteiger charge is -2.40. The Morgan fingerprint density at radius 1 is 1.12 bits per heavy atom. The zero-order chi connectivity index (χ0) is 24.3. The fourth-order valence-electron chi connectivity index (χ4n) is 3.92. The molecule has 0 saturated carbocycles. The quantitative estimate of drug-likeness (QED) is 0.565. The van der Waals surface area contributed by atoms with Gasteiger partial charge < -0.3 is 15.1 Å². The van der Waals surface area contributed by atoms with Gasteiger partial charge in [-0.15, -0.1) is 0 Å². The highest BCUT2D eigenvalue weighted by atomic mass is 32.2. The highest BCUT2D eigenvalue weighted by molar-refractivity contribution is 7.89. The van der Waals surface area contributed by atoms with Crippen LogP contribution in [0.15, 0.2) is 47.4 Å². The predicted molar refractivity (Wildman–Crippen MR) is 126 cm³/mol. The van der Waals surface area contributed by atoms with E-state index in [9.17, 15) is 23.1 Å². The second kappa shape index (κ2) is 9.90. The third-order valence-corrected chi connectivity index (χ3v) is 6.84. The number of carbonyl (C=O) groups excluding carboxylic acids is 1. The summed E-state index contributed by atoms with van der Waals surface area (Å²) in [5.41, 5.74) is 2.08. The summed E-state index contributed by atoms with van der Waals surface area (Å²) in [7, 11) is -3.80. The van der Waals surface area contributed by atoms with Crippen molar-refractivity contribution in [2.45, 2.75) is 38.1 Å². The molecular formula is C23H29N3O6S. The number of aliphatic hydroxyl groups excluding tert-OH is 1. The summed E-state index contributed by atoms with van der Waals surface area (Å²) in [6, 6.07) is 11.1. The lowest BCUT2D eigenvalue weighted by Crippen LogP contribution is -2.51. The number of hydrogen-bond donors (Lipinski definition) is 3. The minimum absolute atomic E-state index is 0.0311. The van der Waals surface area contributed by atoms with Crippen LogP contribution in [0.1, 0.15) is 27.2 Å². The molecule has 1 heterocycles. The van der Waals surface area contributed by atoms with Gasteiger partial charge in [-0.25, -0.2) is 17.9 Å². The standard InChI is InChI=1S/C23H29N3O6S/c1-15(2)11-22(28)26-16(3)14-25(23(29)30)21-13-18(7-8-20(21)26)17-5-4-6-19(12-17)33(31,32)24-9-10-27/h4-8,12-13,15-16,24,27H,9-11,14H2,1-3H3,(H,29,30)/t16-/m0/s1. The SMILES string of the molecule is CC(C)CC(=O)N1c2ccc(-c3cccc(S(=O)(=O)NCCO)c3)cc2N(C(=O)O)C[C@@H]1C. The molecule has 10 heteroatoms. The van der Waals surface area contributed by atoms with Crippen LogP contribution in [0, 0.1) is 5.92 Å². The maximum Gasteiger partial charge on any atom is 0.411 e. The Balaban J connectivity index is 2.06. The number of aliphatic hydroxyl groups is 1. The van der Waals surface area contributed by atoms with E-state index in [-0.39, 0.29) is 42.5 Å². The Labute approximate surface area is 193 Å². The number of carbonyl (C=O) groups is 2. The molecule has 0 aliphatic carbocycles. The molecule has 1 atom stereocenters. The molecule has 178 valence electrons. The van der Waals surface area contributed by atoms with E-state index < -0.39 is 16.1 Å². The molecular weight excluding hydrogens is 446 g/mol. The third kappa shape index (κ3) is 5.35. The van der Waals surface area contributed by atoms with Crippen molar-refractivity contribution < 1.29 is 28.2 Å². The molecule has 2 amide bonds. The summed E-state index contributed by atoms with van der Waals surface area (Å²) >= 11 is 0. The number of sulfonamides is 1. The first-order chi connectivity index (χ1) is 15.5. The molecule has 9 nitrogen and oxygen atoms in total. The minimum atomic E-state index is -3.80. The van der Waals surface area contributed by atoms with Gasteiger partial charge in [-0.3, -0.25) is 9.69 Å². The van der Waals surface area contributed by atoms with Crippen molar-refractivity contribution in [3.63, 3.8) is 0 Å². The van der Waals surface area contributed by atoms with Crippen molar-refractivity contribution in [1.82, 2.24) is 4.72 Å². The number of nitrogens with zero attached hydrogens (tertiary/aromatic N) is 2. The van der Waals surface area contributed by atoms with E-state index in [2.05, 4.69) is 4.72 Å². The second-order valence-electron chi connectivity index (χ2n) is 8.46. The summed E-state index contributed by atoms with van der Waals surface area (Å²) < 4.78 is 27.2. The zero-order valence-corrected chi connectivity index (χ0v) is 19.7. The number of anilines is 2. The van der Waals surface area contributed by atoms with Crippen molar-refractivity contribution in [3.8, 4) is 11.1 Å². The number of amides is 2. The fraction of sp³-hybridized carbons (Fsp3) is 0.391. The highest BCUT2D eigenvalue weighted by Gasteiger charge is 2.35. The summed E-state index contributed by atoms with van der Waals surface area (Å²) in [6.07, 6.45) is -0.778. The van der Waals surface area contributed by atoms with Gasteiger partial charge in [-0.2, -0.15) is 0 Å². The molecule has 2 aromatic carbocycles. The first-order valence-electron chi connectivity index (χ1n) is 10.7. The van der Waals surface area contributed by atoms with E-state index in [1.807, 2.05) is 20.8 Å². The lowest BCUT2D eigenvalue weighted by atomic mass is 10.00. The zero-order valence-electron chi connectivity index (χ0n) is 18.9. The summed E-state index contributed by atoms with van der Waals surface area (Å²) in [5.74, 6) is 0.0913. The lowest BCUT2D eigenvalue weighted by molar-refractivity contribution is -0.119. The number of hydrogen-bond acceptors (Lipinski definition) is 5. The van der Waals surface area contributed by atoms with Crippen LogP contribution in [0.4, 0.5) is 16.2 Å². The van der Waals surface area contributed by atoms with Crippen molar-refractivity contribution in [3.05, 3.63) is 42.5 Å². The topological polar surface area (TPSA) is 127 Å². The maximum absolute atomic E-state index is 12.9. The van der Waals surface area contributed by atoms with Crippen LogP contribution in [0.3, 0.4) is 0 Å². The number of benzene rings is 2. The van der Waals surface area contributed by atoms with Gasteiger partial charge in [0.25, 0.3) is 0 Å². The molecule has 0 unspecified atom stereocenters. The smallest absolute Gasteiger partial charge is 0.411 e. The van der Waals surface area contributed by atoms with Crippen LogP contribution in [-0.2, 0) is 14.8 Å². The molecule has 1 aliphatic heterocycles. The van der Waals surface area contributed by atoms with E-state index in [0.717, 1.165) is 0 Å². The largest absolute Gasteiger partial charge is 0.465 e. The first kappa shape index (κ1) is 24.7. The second-order valence-corrected chi connectivity index (χ2v) is 10.2. The summed E-state index contributed by atoms with van der Waals surface area (Å²) in [6.45, 7) is 5.44. The molecule has 0 fully saturated rings. The van der Waals surface area contributed by atoms with E-state index >= 15 is 0 Å². The minimum Gasteiger partial charge on any atom is -0.465 e. The van der Waals surface area contributed by atoms with E-state index in [4.69, 9.17) is 5.11 Å². The van der Waals surface area contributed by atoms with Gasteiger partial charge >= 0.3 is 6.09 Å². The molecule has 0 saturated heterocycles. The molecule has 2 aromatic rings. The Hall–Kier alpha value is -2.95. The molecule has 0 bridgehead atoms.